The van der Waals surface area contributed by atoms with Crippen LogP contribution in [0, 0.1) is 5.82 Å². The predicted octanol–water partition coefficient (Wildman–Crippen LogP) is 3.57. The van der Waals surface area contributed by atoms with Crippen molar-refractivity contribution in [2.75, 3.05) is 5.32 Å². The summed E-state index contributed by atoms with van der Waals surface area (Å²) in [5.41, 5.74) is 2.14. The second kappa shape index (κ2) is 8.43. The number of carbonyl (C=O) groups is 1. The Balaban J connectivity index is 1.40. The third kappa shape index (κ3) is 3.88. The molecule has 9 heteroatoms. The number of rotatable bonds is 5. The summed E-state index contributed by atoms with van der Waals surface area (Å²) in [5.74, 6) is -0.0751. The number of H-pyrrole nitrogens is 2. The highest BCUT2D eigenvalue weighted by atomic mass is 19.1. The van der Waals surface area contributed by atoms with Crippen molar-refractivity contribution in [3.05, 3.63) is 104 Å². The second-order valence-corrected chi connectivity index (χ2v) is 7.88. The largest absolute Gasteiger partial charge is 0.342 e. The van der Waals surface area contributed by atoms with Crippen LogP contribution in [-0.2, 0) is 13.0 Å². The molecule has 0 aliphatic carbocycles. The number of benzene rings is 3. The van der Waals surface area contributed by atoms with Gasteiger partial charge in [-0.2, -0.15) is 0 Å². The molecule has 170 valence electrons. The van der Waals surface area contributed by atoms with E-state index in [1.807, 2.05) is 0 Å². The summed E-state index contributed by atoms with van der Waals surface area (Å²) in [6.45, 7) is 1.97. The molecule has 0 bridgehead atoms. The predicted molar refractivity (Wildman–Crippen MR) is 128 cm³/mol. The van der Waals surface area contributed by atoms with E-state index in [-0.39, 0.29) is 12.4 Å². The average molecular weight is 457 g/mol. The van der Waals surface area contributed by atoms with Gasteiger partial charge in [-0.1, -0.05) is 18.2 Å². The van der Waals surface area contributed by atoms with E-state index in [9.17, 15) is 18.8 Å². The van der Waals surface area contributed by atoms with Crippen molar-refractivity contribution in [1.29, 1.82) is 0 Å². The van der Waals surface area contributed by atoms with Crippen molar-refractivity contribution in [1.82, 2.24) is 19.5 Å². The lowest BCUT2D eigenvalue weighted by Gasteiger charge is -2.07. The number of hydrogen-bond donors (Lipinski definition) is 3. The van der Waals surface area contributed by atoms with E-state index in [1.165, 1.54) is 18.2 Å². The van der Waals surface area contributed by atoms with Crippen LogP contribution in [0.25, 0.3) is 21.9 Å². The molecule has 5 aromatic rings. The molecule has 3 N–H and O–H groups in total. The Morgan fingerprint density at radius 2 is 1.85 bits per heavy atom. The molecule has 2 aromatic heterocycles. The smallest absolute Gasteiger partial charge is 0.328 e. The van der Waals surface area contributed by atoms with Gasteiger partial charge in [-0.05, 0) is 55.0 Å². The molecule has 0 saturated heterocycles. The van der Waals surface area contributed by atoms with Crippen molar-refractivity contribution in [3.8, 4) is 0 Å². The van der Waals surface area contributed by atoms with Crippen LogP contribution >= 0.6 is 0 Å². The number of anilines is 1. The second-order valence-electron chi connectivity index (χ2n) is 7.88. The van der Waals surface area contributed by atoms with Crippen LogP contribution < -0.4 is 16.6 Å². The van der Waals surface area contributed by atoms with Crippen molar-refractivity contribution in [3.63, 3.8) is 0 Å². The van der Waals surface area contributed by atoms with E-state index in [1.54, 1.807) is 49.4 Å². The molecule has 34 heavy (non-hydrogen) atoms. The third-order valence-electron chi connectivity index (χ3n) is 5.66. The molecule has 8 nitrogen and oxygen atoms in total. The number of hydrogen-bond acceptors (Lipinski definition) is 4. The number of nitrogens with one attached hydrogen (secondary N) is 3. The SMILES string of the molecule is CCn1c(=O)[nH]c2cc(C(=O)Nc3ccc4nc(Cc5ccccc5F)[nH]c4c3)ccc2c1=O. The van der Waals surface area contributed by atoms with Crippen LogP contribution in [0.3, 0.4) is 0 Å². The van der Waals surface area contributed by atoms with Crippen molar-refractivity contribution < 1.29 is 9.18 Å². The fraction of sp³-hybridized carbons (Fsp3) is 0.120. The van der Waals surface area contributed by atoms with Gasteiger partial charge in [0.05, 0.1) is 21.9 Å². The van der Waals surface area contributed by atoms with Gasteiger partial charge >= 0.3 is 5.69 Å². The lowest BCUT2D eigenvalue weighted by Crippen LogP contribution is -2.34. The highest BCUT2D eigenvalue weighted by molar-refractivity contribution is 6.06. The van der Waals surface area contributed by atoms with Gasteiger partial charge in [0.15, 0.2) is 0 Å². The van der Waals surface area contributed by atoms with E-state index in [4.69, 9.17) is 0 Å². The van der Waals surface area contributed by atoms with Gasteiger partial charge in [0.25, 0.3) is 11.5 Å². The topological polar surface area (TPSA) is 113 Å². The number of halogens is 1. The summed E-state index contributed by atoms with van der Waals surface area (Å²) < 4.78 is 15.1. The molecule has 0 fully saturated rings. The normalized spacial score (nSPS) is 11.2. The molecule has 0 saturated carbocycles. The monoisotopic (exact) mass is 457 g/mol. The first-order valence-electron chi connectivity index (χ1n) is 10.7. The van der Waals surface area contributed by atoms with Crippen LogP contribution in [-0.4, -0.2) is 25.4 Å². The van der Waals surface area contributed by atoms with E-state index < -0.39 is 17.2 Å². The van der Waals surface area contributed by atoms with Gasteiger partial charge in [-0.25, -0.2) is 14.2 Å². The Morgan fingerprint density at radius 1 is 1.03 bits per heavy atom. The number of amides is 1. The lowest BCUT2D eigenvalue weighted by atomic mass is 10.1. The zero-order chi connectivity index (χ0) is 23.8. The minimum atomic E-state index is -0.520. The van der Waals surface area contributed by atoms with E-state index >= 15 is 0 Å². The number of carbonyl (C=O) groups excluding carboxylic acids is 1. The minimum Gasteiger partial charge on any atom is -0.342 e. The maximum Gasteiger partial charge on any atom is 0.328 e. The van der Waals surface area contributed by atoms with Gasteiger partial charge in [0.1, 0.15) is 11.6 Å². The van der Waals surface area contributed by atoms with Gasteiger partial charge in [-0.3, -0.25) is 14.2 Å². The van der Waals surface area contributed by atoms with Gasteiger partial charge in [0, 0.05) is 24.2 Å². The Morgan fingerprint density at radius 3 is 2.65 bits per heavy atom. The fourth-order valence-electron chi connectivity index (χ4n) is 3.93. The van der Waals surface area contributed by atoms with Crippen LogP contribution in [0.1, 0.15) is 28.7 Å². The van der Waals surface area contributed by atoms with Crippen LogP contribution in [0.2, 0.25) is 0 Å². The van der Waals surface area contributed by atoms with E-state index in [0.717, 1.165) is 4.57 Å². The Hall–Kier alpha value is -4.53. The number of fused-ring (bicyclic) bond motifs is 2. The van der Waals surface area contributed by atoms with Crippen molar-refractivity contribution >= 4 is 33.5 Å². The standard InChI is InChI=1S/C25H20FN5O3/c1-2-31-24(33)17-9-7-15(11-20(17)30-25(31)34)23(32)27-16-8-10-19-21(13-16)29-22(28-19)12-14-5-3-4-6-18(14)26/h3-11,13H,2,12H2,1H3,(H,27,32)(H,28,29)(H,30,34). The summed E-state index contributed by atoms with van der Waals surface area (Å²) in [7, 11) is 0. The van der Waals surface area contributed by atoms with Crippen LogP contribution in [0.5, 0.6) is 0 Å². The first kappa shape index (κ1) is 21.3. The van der Waals surface area contributed by atoms with Crippen molar-refractivity contribution in [2.24, 2.45) is 0 Å². The Bertz CT molecular complexity index is 1680. The number of aromatic nitrogens is 4. The van der Waals surface area contributed by atoms with Gasteiger partial charge in [0.2, 0.25) is 0 Å². The number of aromatic amines is 2. The summed E-state index contributed by atoms with van der Waals surface area (Å²) in [5, 5.41) is 3.15. The molecule has 0 radical (unpaired) electrons. The average Bonchev–Trinajstić information content (AvgIpc) is 3.22. The zero-order valence-corrected chi connectivity index (χ0v) is 18.2. The maximum atomic E-state index is 14.0. The molecular weight excluding hydrogens is 437 g/mol. The lowest BCUT2D eigenvalue weighted by molar-refractivity contribution is 0.102. The summed E-state index contributed by atoms with van der Waals surface area (Å²) >= 11 is 0. The Labute approximate surface area is 192 Å². The first-order valence-corrected chi connectivity index (χ1v) is 10.7. The van der Waals surface area contributed by atoms with Gasteiger partial charge in [-0.15, -0.1) is 0 Å². The van der Waals surface area contributed by atoms with Crippen LogP contribution in [0.4, 0.5) is 10.1 Å². The minimum absolute atomic E-state index is 0.254. The number of imidazole rings is 1. The molecule has 0 aliphatic rings. The molecule has 0 aliphatic heterocycles. The molecule has 5 rings (SSSR count). The van der Waals surface area contributed by atoms with E-state index in [0.29, 0.717) is 51.0 Å². The van der Waals surface area contributed by atoms with E-state index in [2.05, 4.69) is 20.3 Å². The van der Waals surface area contributed by atoms with Crippen LogP contribution in [0.15, 0.2) is 70.3 Å². The summed E-state index contributed by atoms with van der Waals surface area (Å²) in [4.78, 5) is 47.6. The molecule has 1 amide bonds. The maximum absolute atomic E-state index is 14.0. The molecule has 3 aromatic carbocycles. The molecule has 0 unspecified atom stereocenters. The summed E-state index contributed by atoms with van der Waals surface area (Å²) in [6.07, 6.45) is 0.318. The summed E-state index contributed by atoms with van der Waals surface area (Å²) in [6, 6.07) is 16.3. The quantitative estimate of drug-likeness (QED) is 0.375. The zero-order valence-electron chi connectivity index (χ0n) is 18.2. The highest BCUT2D eigenvalue weighted by Gasteiger charge is 2.13. The molecular formula is C25H20FN5O3. The third-order valence-corrected chi connectivity index (χ3v) is 5.66. The number of nitrogens with zero attached hydrogens (tertiary/aromatic N) is 2. The van der Waals surface area contributed by atoms with Gasteiger partial charge < -0.3 is 15.3 Å². The fourth-order valence-corrected chi connectivity index (χ4v) is 3.93. The van der Waals surface area contributed by atoms with Crippen molar-refractivity contribution in [2.45, 2.75) is 19.9 Å². The molecule has 0 spiro atoms. The molecule has 2 heterocycles. The first-order chi connectivity index (χ1) is 16.4. The highest BCUT2D eigenvalue weighted by Crippen LogP contribution is 2.20. The Kier molecular flexibility index (Phi) is 5.29. The molecule has 0 atom stereocenters.